The van der Waals surface area contributed by atoms with E-state index in [0.717, 1.165) is 25.1 Å². The van der Waals surface area contributed by atoms with Crippen LogP contribution in [0.1, 0.15) is 29.6 Å². The Balaban J connectivity index is 1.50. The fraction of sp³-hybridized carbons (Fsp3) is 0.444. The summed E-state index contributed by atoms with van der Waals surface area (Å²) in [7, 11) is 2.18. The van der Waals surface area contributed by atoms with Crippen LogP contribution < -0.4 is 0 Å². The quantitative estimate of drug-likeness (QED) is 0.844. The van der Waals surface area contributed by atoms with Crippen LogP contribution in [0.5, 0.6) is 0 Å². The van der Waals surface area contributed by atoms with Crippen LogP contribution in [0.3, 0.4) is 0 Å². The van der Waals surface area contributed by atoms with Crippen molar-refractivity contribution < 1.29 is 4.79 Å². The summed E-state index contributed by atoms with van der Waals surface area (Å²) in [4.78, 5) is 30.0. The molecule has 124 valence electrons. The summed E-state index contributed by atoms with van der Waals surface area (Å²) in [6.07, 6.45) is 10.2. The minimum Gasteiger partial charge on any atom is -0.337 e. The Morgan fingerprint density at radius 3 is 2.67 bits per heavy atom. The summed E-state index contributed by atoms with van der Waals surface area (Å²) in [5.41, 5.74) is 1.41. The number of likely N-dealkylation sites (tertiary alicyclic amines) is 1. The first-order valence-corrected chi connectivity index (χ1v) is 8.46. The molecule has 1 amide bonds. The largest absolute Gasteiger partial charge is 0.337 e. The SMILES string of the molecule is CN1[C@H]2CC[C@@H]1CN(C(=O)c1cnc(-c3cccnc3)nc1)CC2. The van der Waals surface area contributed by atoms with E-state index >= 15 is 0 Å². The first kappa shape index (κ1) is 15.2. The van der Waals surface area contributed by atoms with Crippen LogP contribution in [-0.2, 0) is 0 Å². The number of pyridine rings is 1. The minimum absolute atomic E-state index is 0.0358. The average Bonchev–Trinajstić information content (AvgIpc) is 2.87. The van der Waals surface area contributed by atoms with Gasteiger partial charge in [0, 0.05) is 55.5 Å². The highest BCUT2D eigenvalue weighted by atomic mass is 16.2. The zero-order valence-electron chi connectivity index (χ0n) is 13.8. The lowest BCUT2D eigenvalue weighted by Gasteiger charge is -2.25. The van der Waals surface area contributed by atoms with Crippen LogP contribution in [0.25, 0.3) is 11.4 Å². The molecule has 0 N–H and O–H groups in total. The van der Waals surface area contributed by atoms with Gasteiger partial charge in [-0.25, -0.2) is 9.97 Å². The average molecular weight is 323 g/mol. The molecule has 0 aliphatic carbocycles. The van der Waals surface area contributed by atoms with Crippen molar-refractivity contribution in [3.05, 3.63) is 42.5 Å². The highest BCUT2D eigenvalue weighted by molar-refractivity contribution is 5.93. The van der Waals surface area contributed by atoms with Crippen molar-refractivity contribution >= 4 is 5.91 Å². The predicted octanol–water partition coefficient (Wildman–Crippen LogP) is 1.85. The number of carbonyl (C=O) groups excluding carboxylic acids is 1. The molecule has 0 spiro atoms. The Morgan fingerprint density at radius 1 is 1.12 bits per heavy atom. The van der Waals surface area contributed by atoms with E-state index < -0.39 is 0 Å². The summed E-state index contributed by atoms with van der Waals surface area (Å²) < 4.78 is 0. The molecule has 2 aliphatic rings. The monoisotopic (exact) mass is 323 g/mol. The number of likely N-dealkylation sites (N-methyl/N-ethyl adjacent to an activating group) is 1. The van der Waals surface area contributed by atoms with Gasteiger partial charge in [0.25, 0.3) is 5.91 Å². The van der Waals surface area contributed by atoms with Crippen LogP contribution in [0.2, 0.25) is 0 Å². The van der Waals surface area contributed by atoms with Crippen molar-refractivity contribution in [2.75, 3.05) is 20.1 Å². The van der Waals surface area contributed by atoms with Gasteiger partial charge >= 0.3 is 0 Å². The maximum Gasteiger partial charge on any atom is 0.257 e. The molecule has 2 fully saturated rings. The summed E-state index contributed by atoms with van der Waals surface area (Å²) in [5.74, 6) is 0.628. The Hall–Kier alpha value is -2.34. The highest BCUT2D eigenvalue weighted by Crippen LogP contribution is 2.29. The molecule has 0 radical (unpaired) electrons. The first-order valence-electron chi connectivity index (χ1n) is 8.46. The third-order valence-corrected chi connectivity index (χ3v) is 5.25. The molecule has 0 saturated carbocycles. The van der Waals surface area contributed by atoms with Gasteiger partial charge in [-0.2, -0.15) is 0 Å². The van der Waals surface area contributed by atoms with Crippen LogP contribution in [-0.4, -0.2) is 62.9 Å². The third-order valence-electron chi connectivity index (χ3n) is 5.25. The van der Waals surface area contributed by atoms with E-state index in [1.54, 1.807) is 24.8 Å². The minimum atomic E-state index is 0.0358. The Bertz CT molecular complexity index is 718. The van der Waals surface area contributed by atoms with Gasteiger partial charge in [0.1, 0.15) is 0 Å². The van der Waals surface area contributed by atoms with Crippen LogP contribution >= 0.6 is 0 Å². The standard InChI is InChI=1S/C18H21N5O/c1-22-15-4-5-16(22)12-23(8-6-15)18(24)14-10-20-17(21-11-14)13-3-2-7-19-9-13/h2-3,7,9-11,15-16H,4-6,8,12H2,1H3/t15-,16+/m0/s1. The van der Waals surface area contributed by atoms with Crippen molar-refractivity contribution in [2.45, 2.75) is 31.3 Å². The molecule has 2 aromatic heterocycles. The van der Waals surface area contributed by atoms with E-state index in [1.807, 2.05) is 17.0 Å². The lowest BCUT2D eigenvalue weighted by Crippen LogP contribution is -2.39. The highest BCUT2D eigenvalue weighted by Gasteiger charge is 2.36. The molecule has 2 bridgehead atoms. The van der Waals surface area contributed by atoms with Crippen molar-refractivity contribution in [3.8, 4) is 11.4 Å². The smallest absolute Gasteiger partial charge is 0.257 e. The molecule has 2 saturated heterocycles. The number of amides is 1. The molecule has 24 heavy (non-hydrogen) atoms. The topological polar surface area (TPSA) is 62.2 Å². The summed E-state index contributed by atoms with van der Waals surface area (Å²) in [6, 6.07) is 4.86. The van der Waals surface area contributed by atoms with Gasteiger partial charge < -0.3 is 4.90 Å². The maximum absolute atomic E-state index is 12.8. The molecule has 2 aromatic rings. The first-order chi connectivity index (χ1) is 11.7. The third kappa shape index (κ3) is 2.78. The van der Waals surface area contributed by atoms with Gasteiger partial charge in [0.15, 0.2) is 5.82 Å². The maximum atomic E-state index is 12.8. The molecule has 0 aromatic carbocycles. The van der Waals surface area contributed by atoms with Gasteiger partial charge in [0.2, 0.25) is 0 Å². The molecule has 2 atom stereocenters. The van der Waals surface area contributed by atoms with Crippen LogP contribution in [0.4, 0.5) is 0 Å². The Kier molecular flexibility index (Phi) is 3.98. The molecular weight excluding hydrogens is 302 g/mol. The Labute approximate surface area is 141 Å². The van der Waals surface area contributed by atoms with Gasteiger partial charge in [0.05, 0.1) is 5.56 Å². The van der Waals surface area contributed by atoms with Crippen molar-refractivity contribution in [3.63, 3.8) is 0 Å². The van der Waals surface area contributed by atoms with Crippen molar-refractivity contribution in [1.82, 2.24) is 24.8 Å². The van der Waals surface area contributed by atoms with Crippen LogP contribution in [0, 0.1) is 0 Å². The van der Waals surface area contributed by atoms with E-state index in [1.165, 1.54) is 12.8 Å². The van der Waals surface area contributed by atoms with E-state index in [0.29, 0.717) is 23.5 Å². The van der Waals surface area contributed by atoms with Crippen LogP contribution in [0.15, 0.2) is 36.9 Å². The van der Waals surface area contributed by atoms with Crippen molar-refractivity contribution in [2.24, 2.45) is 0 Å². The predicted molar refractivity (Wildman–Crippen MR) is 90.4 cm³/mol. The molecule has 2 aliphatic heterocycles. The zero-order chi connectivity index (χ0) is 16.5. The second-order valence-electron chi connectivity index (χ2n) is 6.63. The number of hydrogen-bond donors (Lipinski definition) is 0. The molecule has 6 heteroatoms. The van der Waals surface area contributed by atoms with E-state index in [-0.39, 0.29) is 5.91 Å². The fourth-order valence-corrected chi connectivity index (χ4v) is 3.76. The van der Waals surface area contributed by atoms with E-state index in [2.05, 4.69) is 26.9 Å². The molecule has 6 nitrogen and oxygen atoms in total. The van der Waals surface area contributed by atoms with Crippen molar-refractivity contribution in [1.29, 1.82) is 0 Å². The van der Waals surface area contributed by atoms with Gasteiger partial charge in [-0.1, -0.05) is 0 Å². The second kappa shape index (κ2) is 6.28. The number of rotatable bonds is 2. The van der Waals surface area contributed by atoms with Gasteiger partial charge in [-0.05, 0) is 38.4 Å². The summed E-state index contributed by atoms with van der Waals surface area (Å²) >= 11 is 0. The Morgan fingerprint density at radius 2 is 1.92 bits per heavy atom. The van der Waals surface area contributed by atoms with E-state index in [4.69, 9.17) is 0 Å². The normalized spacial score (nSPS) is 24.0. The molecule has 4 rings (SSSR count). The number of aromatic nitrogens is 3. The number of carbonyl (C=O) groups is 1. The lowest BCUT2D eigenvalue weighted by molar-refractivity contribution is 0.0739. The number of fused-ring (bicyclic) bond motifs is 2. The second-order valence-corrected chi connectivity index (χ2v) is 6.63. The molecule has 4 heterocycles. The summed E-state index contributed by atoms with van der Waals surface area (Å²) in [6.45, 7) is 1.62. The molecule has 0 unspecified atom stereocenters. The number of nitrogens with zero attached hydrogens (tertiary/aromatic N) is 5. The zero-order valence-corrected chi connectivity index (χ0v) is 13.8. The fourth-order valence-electron chi connectivity index (χ4n) is 3.76. The molecular formula is C18H21N5O. The lowest BCUT2D eigenvalue weighted by atomic mass is 10.1. The van der Waals surface area contributed by atoms with E-state index in [9.17, 15) is 4.79 Å². The van der Waals surface area contributed by atoms with Gasteiger partial charge in [-0.15, -0.1) is 0 Å². The van der Waals surface area contributed by atoms with Gasteiger partial charge in [-0.3, -0.25) is 14.7 Å². The number of hydrogen-bond acceptors (Lipinski definition) is 5. The summed E-state index contributed by atoms with van der Waals surface area (Å²) in [5, 5.41) is 0.